The van der Waals surface area contributed by atoms with Gasteiger partial charge in [0.1, 0.15) is 5.82 Å². The Morgan fingerprint density at radius 3 is 2.84 bits per heavy atom. The summed E-state index contributed by atoms with van der Waals surface area (Å²) in [5.74, 6) is 0.204. The lowest BCUT2D eigenvalue weighted by Crippen LogP contribution is -2.37. The van der Waals surface area contributed by atoms with Crippen LogP contribution < -0.4 is 11.4 Å². The number of nitrogens with zero attached hydrogens (tertiary/aromatic N) is 2. The van der Waals surface area contributed by atoms with Gasteiger partial charge < -0.3 is 15.9 Å². The number of aliphatic hydroxyl groups is 2. The number of anilines is 1. The molecule has 0 saturated heterocycles. The van der Waals surface area contributed by atoms with Crippen molar-refractivity contribution in [3.8, 4) is 0 Å². The molecule has 4 N–H and O–H groups in total. The number of aromatic nitrogens is 2. The number of nitrogen functional groups attached to an aromatic ring is 1. The summed E-state index contributed by atoms with van der Waals surface area (Å²) in [6, 6.07) is 1.48. The highest BCUT2D eigenvalue weighted by molar-refractivity contribution is 5.23. The van der Waals surface area contributed by atoms with Crippen LogP contribution in [0, 0.1) is 5.41 Å². The molecule has 1 spiro atoms. The first-order chi connectivity index (χ1) is 9.03. The zero-order chi connectivity index (χ0) is 13.6. The average molecular weight is 265 g/mol. The molecule has 2 aliphatic carbocycles. The van der Waals surface area contributed by atoms with E-state index in [2.05, 4.69) is 4.98 Å². The Morgan fingerprint density at radius 1 is 1.42 bits per heavy atom. The van der Waals surface area contributed by atoms with Crippen LogP contribution in [0.3, 0.4) is 0 Å². The summed E-state index contributed by atoms with van der Waals surface area (Å²) < 4.78 is 1.53. The van der Waals surface area contributed by atoms with Crippen LogP contribution in [0.2, 0.25) is 0 Å². The quantitative estimate of drug-likeness (QED) is 0.666. The Morgan fingerprint density at radius 2 is 2.21 bits per heavy atom. The molecule has 0 aromatic carbocycles. The fourth-order valence-electron chi connectivity index (χ4n) is 3.77. The molecule has 2 fully saturated rings. The van der Waals surface area contributed by atoms with E-state index in [9.17, 15) is 15.0 Å². The van der Waals surface area contributed by atoms with Crippen LogP contribution in [0.4, 0.5) is 5.82 Å². The van der Waals surface area contributed by atoms with Gasteiger partial charge in [-0.25, -0.2) is 4.79 Å². The van der Waals surface area contributed by atoms with Gasteiger partial charge in [-0.3, -0.25) is 4.57 Å². The molecule has 4 atom stereocenters. The van der Waals surface area contributed by atoms with E-state index in [1.165, 1.54) is 4.57 Å². The monoisotopic (exact) mass is 265 g/mol. The molecule has 2 saturated carbocycles. The number of rotatable bonds is 1. The predicted octanol–water partition coefficient (Wildman–Crippen LogP) is 0.0525. The molecule has 3 rings (SSSR count). The number of aliphatic hydroxyl groups excluding tert-OH is 2. The van der Waals surface area contributed by atoms with Crippen molar-refractivity contribution in [3.05, 3.63) is 22.7 Å². The molecule has 0 bridgehead atoms. The molecule has 1 aromatic rings. The van der Waals surface area contributed by atoms with E-state index in [1.807, 2.05) is 0 Å². The summed E-state index contributed by atoms with van der Waals surface area (Å²) in [6.45, 7) is 0. The molecule has 1 aromatic heterocycles. The van der Waals surface area contributed by atoms with Crippen LogP contribution in [-0.4, -0.2) is 32.0 Å². The van der Waals surface area contributed by atoms with E-state index in [-0.39, 0.29) is 17.5 Å². The standard InChI is InChI=1S/C13H19N3O3/c14-11-3-5-16(12(19)15-11)8-6-10(18)13(7-8)4-1-2-9(13)17/h3,5,8-10,17-18H,1-2,4,6-7H2,(H2,14,15,19)/t8-,9+,10-,13?/m1/s1. The van der Waals surface area contributed by atoms with Crippen molar-refractivity contribution in [1.29, 1.82) is 0 Å². The highest BCUT2D eigenvalue weighted by Gasteiger charge is 2.53. The topological polar surface area (TPSA) is 101 Å². The van der Waals surface area contributed by atoms with Crippen molar-refractivity contribution in [3.63, 3.8) is 0 Å². The van der Waals surface area contributed by atoms with Gasteiger partial charge in [-0.1, -0.05) is 6.42 Å². The summed E-state index contributed by atoms with van der Waals surface area (Å²) in [4.78, 5) is 15.6. The van der Waals surface area contributed by atoms with Crippen molar-refractivity contribution in [1.82, 2.24) is 9.55 Å². The second kappa shape index (κ2) is 4.31. The largest absolute Gasteiger partial charge is 0.392 e. The maximum absolute atomic E-state index is 11.8. The smallest absolute Gasteiger partial charge is 0.349 e. The first kappa shape index (κ1) is 12.6. The van der Waals surface area contributed by atoms with Crippen LogP contribution in [-0.2, 0) is 0 Å². The van der Waals surface area contributed by atoms with Crippen LogP contribution in [0.25, 0.3) is 0 Å². The lowest BCUT2D eigenvalue weighted by Gasteiger charge is -2.31. The van der Waals surface area contributed by atoms with Gasteiger partial charge in [-0.05, 0) is 31.7 Å². The van der Waals surface area contributed by atoms with E-state index >= 15 is 0 Å². The highest BCUT2D eigenvalue weighted by atomic mass is 16.3. The number of hydrogen-bond donors (Lipinski definition) is 3. The Hall–Kier alpha value is -1.40. The molecule has 0 aliphatic heterocycles. The second-order valence-electron chi connectivity index (χ2n) is 5.79. The predicted molar refractivity (Wildman–Crippen MR) is 69.5 cm³/mol. The third kappa shape index (κ3) is 1.86. The van der Waals surface area contributed by atoms with Gasteiger partial charge in [0.05, 0.1) is 12.2 Å². The molecule has 0 radical (unpaired) electrons. The second-order valence-corrected chi connectivity index (χ2v) is 5.79. The number of hydrogen-bond acceptors (Lipinski definition) is 5. The SMILES string of the molecule is Nc1ccn([C@@H]2C[C@@H](O)C3(CCC[C@@H]3O)C2)c(=O)n1. The van der Waals surface area contributed by atoms with Crippen molar-refractivity contribution in [2.24, 2.45) is 5.41 Å². The average Bonchev–Trinajstić information content (AvgIpc) is 2.86. The molecular weight excluding hydrogens is 246 g/mol. The molecule has 104 valence electrons. The normalized spacial score (nSPS) is 38.1. The summed E-state index contributed by atoms with van der Waals surface area (Å²) in [5, 5.41) is 20.5. The van der Waals surface area contributed by atoms with E-state index in [0.717, 1.165) is 19.3 Å². The van der Waals surface area contributed by atoms with Crippen molar-refractivity contribution >= 4 is 5.82 Å². The summed E-state index contributed by atoms with van der Waals surface area (Å²) in [6.07, 6.45) is 4.21. The molecule has 0 amide bonds. The maximum Gasteiger partial charge on any atom is 0.349 e. The fraction of sp³-hybridized carbons (Fsp3) is 0.692. The first-order valence-electron chi connectivity index (χ1n) is 6.74. The summed E-state index contributed by atoms with van der Waals surface area (Å²) >= 11 is 0. The van der Waals surface area contributed by atoms with Gasteiger partial charge >= 0.3 is 5.69 Å². The Balaban J connectivity index is 1.91. The number of nitrogens with two attached hydrogens (primary N) is 1. The minimum atomic E-state index is -0.556. The molecule has 1 heterocycles. The van der Waals surface area contributed by atoms with Gasteiger partial charge in [-0.2, -0.15) is 4.98 Å². The maximum atomic E-state index is 11.8. The van der Waals surface area contributed by atoms with Gasteiger partial charge in [-0.15, -0.1) is 0 Å². The highest BCUT2D eigenvalue weighted by Crippen LogP contribution is 2.53. The van der Waals surface area contributed by atoms with Crippen LogP contribution in [0.5, 0.6) is 0 Å². The van der Waals surface area contributed by atoms with Gasteiger partial charge in [0, 0.05) is 17.7 Å². The van der Waals surface area contributed by atoms with Gasteiger partial charge in [0.2, 0.25) is 0 Å². The summed E-state index contributed by atoms with van der Waals surface area (Å²) in [7, 11) is 0. The summed E-state index contributed by atoms with van der Waals surface area (Å²) in [5.41, 5.74) is 4.65. The Kier molecular flexibility index (Phi) is 2.87. The van der Waals surface area contributed by atoms with Crippen molar-refractivity contribution in [2.75, 3.05) is 5.73 Å². The lowest BCUT2D eigenvalue weighted by molar-refractivity contribution is -0.0302. The third-order valence-electron chi connectivity index (χ3n) is 4.80. The van der Waals surface area contributed by atoms with Crippen LogP contribution in [0.1, 0.15) is 38.1 Å². The van der Waals surface area contributed by atoms with Crippen molar-refractivity contribution < 1.29 is 10.2 Å². The fourth-order valence-corrected chi connectivity index (χ4v) is 3.77. The Bertz CT molecular complexity index is 544. The van der Waals surface area contributed by atoms with E-state index < -0.39 is 17.6 Å². The Labute approximate surface area is 110 Å². The van der Waals surface area contributed by atoms with Gasteiger partial charge in [0.15, 0.2) is 0 Å². The van der Waals surface area contributed by atoms with E-state index in [0.29, 0.717) is 12.8 Å². The molecule has 1 unspecified atom stereocenters. The van der Waals surface area contributed by atoms with E-state index in [1.54, 1.807) is 12.3 Å². The molecule has 19 heavy (non-hydrogen) atoms. The van der Waals surface area contributed by atoms with Gasteiger partial charge in [0.25, 0.3) is 0 Å². The third-order valence-corrected chi connectivity index (χ3v) is 4.80. The van der Waals surface area contributed by atoms with Crippen LogP contribution >= 0.6 is 0 Å². The van der Waals surface area contributed by atoms with E-state index in [4.69, 9.17) is 5.73 Å². The minimum absolute atomic E-state index is 0.108. The minimum Gasteiger partial charge on any atom is -0.392 e. The molecular formula is C13H19N3O3. The lowest BCUT2D eigenvalue weighted by atomic mass is 9.80. The molecule has 2 aliphatic rings. The van der Waals surface area contributed by atoms with Crippen molar-refractivity contribution in [2.45, 2.75) is 50.4 Å². The zero-order valence-electron chi connectivity index (χ0n) is 10.7. The van der Waals surface area contributed by atoms with Crippen LogP contribution in [0.15, 0.2) is 17.1 Å². The zero-order valence-corrected chi connectivity index (χ0v) is 10.7. The molecule has 6 nitrogen and oxygen atoms in total. The molecule has 6 heteroatoms. The first-order valence-corrected chi connectivity index (χ1v) is 6.74.